The van der Waals surface area contributed by atoms with Crippen LogP contribution in [0.4, 0.5) is 0 Å². The smallest absolute Gasteiger partial charge is 0.176 e. The summed E-state index contributed by atoms with van der Waals surface area (Å²) in [4.78, 5) is 0. The van der Waals surface area contributed by atoms with Crippen LogP contribution in [0.5, 0.6) is 5.75 Å². The molecule has 2 aromatic rings. The van der Waals surface area contributed by atoms with Gasteiger partial charge in [-0.05, 0) is 27.5 Å². The van der Waals surface area contributed by atoms with E-state index in [-0.39, 0.29) is 5.41 Å². The van der Waals surface area contributed by atoms with E-state index in [4.69, 9.17) is 14.6 Å². The van der Waals surface area contributed by atoms with Crippen LogP contribution < -0.4 is 4.74 Å². The molecule has 1 aromatic carbocycles. The van der Waals surface area contributed by atoms with Crippen LogP contribution in [0.3, 0.4) is 0 Å². The van der Waals surface area contributed by atoms with Crippen LogP contribution in [0.1, 0.15) is 32.0 Å². The third-order valence-electron chi connectivity index (χ3n) is 4.00. The van der Waals surface area contributed by atoms with Crippen molar-refractivity contribution in [2.45, 2.75) is 65.2 Å². The largest absolute Gasteiger partial charge is 0.484 e. The fourth-order valence-corrected chi connectivity index (χ4v) is 3.63. The highest BCUT2D eigenvalue weighted by Crippen LogP contribution is 2.37. The summed E-state index contributed by atoms with van der Waals surface area (Å²) in [6.07, 6.45) is 0. The number of benzene rings is 1. The van der Waals surface area contributed by atoms with Gasteiger partial charge in [-0.3, -0.25) is 0 Å². The molecule has 0 aliphatic rings. The van der Waals surface area contributed by atoms with Crippen LogP contribution in [-0.2, 0) is 23.5 Å². The van der Waals surface area contributed by atoms with Gasteiger partial charge in [-0.2, -0.15) is 5.10 Å². The molecule has 1 heterocycles. The Bertz CT molecular complexity index is 703. The van der Waals surface area contributed by atoms with Crippen molar-refractivity contribution in [3.63, 3.8) is 0 Å². The molecule has 0 atom stereocenters. The molecule has 0 fully saturated rings. The van der Waals surface area contributed by atoms with Crippen molar-refractivity contribution >= 4 is 24.0 Å². The second-order valence-electron chi connectivity index (χ2n) is 8.84. The number of aromatic nitrogens is 2. The van der Waals surface area contributed by atoms with Gasteiger partial charge in [0.15, 0.2) is 5.75 Å². The number of nitrogens with zero attached hydrogens (tertiary/aromatic N) is 2. The van der Waals surface area contributed by atoms with Crippen molar-refractivity contribution in [1.29, 1.82) is 0 Å². The number of hydrogen-bond acceptors (Lipinski definition) is 3. The second kappa shape index (κ2) is 8.72. The van der Waals surface area contributed by atoms with Gasteiger partial charge in [-0.15, -0.1) is 0 Å². The van der Waals surface area contributed by atoms with Crippen molar-refractivity contribution in [1.82, 2.24) is 9.78 Å². The standard InChI is InChI=1S/C20H31BrN2O2Si/c1-20(2,3)18-17(25-14-16-10-8-7-9-11-16)19(21)23(22-18)15-24-12-13-26(4,5)6/h7-11H,12-15H2,1-6H3. The topological polar surface area (TPSA) is 36.3 Å². The van der Waals surface area contributed by atoms with E-state index in [1.807, 2.05) is 22.9 Å². The van der Waals surface area contributed by atoms with Gasteiger partial charge in [0.2, 0.25) is 0 Å². The minimum atomic E-state index is -1.09. The first kappa shape index (κ1) is 21.2. The predicted octanol–water partition coefficient (Wildman–Crippen LogP) is 5.83. The lowest BCUT2D eigenvalue weighted by molar-refractivity contribution is 0.0762. The molecule has 4 nitrogen and oxygen atoms in total. The molecule has 0 spiro atoms. The van der Waals surface area contributed by atoms with Crippen molar-refractivity contribution < 1.29 is 9.47 Å². The summed E-state index contributed by atoms with van der Waals surface area (Å²) in [7, 11) is -1.09. The third-order valence-corrected chi connectivity index (χ3v) is 6.47. The van der Waals surface area contributed by atoms with Gasteiger partial charge in [-0.25, -0.2) is 4.68 Å². The van der Waals surface area contributed by atoms with E-state index in [9.17, 15) is 0 Å². The third kappa shape index (κ3) is 6.25. The maximum atomic E-state index is 6.14. The quantitative estimate of drug-likeness (QED) is 0.383. The van der Waals surface area contributed by atoms with E-state index < -0.39 is 8.07 Å². The van der Waals surface area contributed by atoms with E-state index in [1.165, 1.54) is 0 Å². The van der Waals surface area contributed by atoms with Gasteiger partial charge in [-0.1, -0.05) is 70.7 Å². The Morgan fingerprint density at radius 2 is 1.77 bits per heavy atom. The zero-order valence-corrected chi connectivity index (χ0v) is 19.4. The summed E-state index contributed by atoms with van der Waals surface area (Å²) in [6, 6.07) is 11.3. The average Bonchev–Trinajstić information content (AvgIpc) is 2.86. The Labute approximate surface area is 167 Å². The molecular weight excluding hydrogens is 408 g/mol. The molecule has 0 aliphatic carbocycles. The molecule has 0 bridgehead atoms. The van der Waals surface area contributed by atoms with Gasteiger partial charge >= 0.3 is 0 Å². The second-order valence-corrected chi connectivity index (χ2v) is 15.2. The summed E-state index contributed by atoms with van der Waals surface area (Å²) >= 11 is 3.66. The highest BCUT2D eigenvalue weighted by Gasteiger charge is 2.27. The summed E-state index contributed by atoms with van der Waals surface area (Å²) < 4.78 is 14.7. The van der Waals surface area contributed by atoms with E-state index in [0.29, 0.717) is 13.3 Å². The molecule has 144 valence electrons. The molecule has 26 heavy (non-hydrogen) atoms. The van der Waals surface area contributed by atoms with Gasteiger partial charge < -0.3 is 9.47 Å². The van der Waals surface area contributed by atoms with Gasteiger partial charge in [0, 0.05) is 20.1 Å². The van der Waals surface area contributed by atoms with Crippen LogP contribution in [-0.4, -0.2) is 24.5 Å². The minimum absolute atomic E-state index is 0.113. The number of ether oxygens (including phenoxy) is 2. The molecule has 0 unspecified atom stereocenters. The molecule has 0 amide bonds. The molecule has 0 radical (unpaired) electrons. The Kier molecular flexibility index (Phi) is 7.10. The van der Waals surface area contributed by atoms with Gasteiger partial charge in [0.25, 0.3) is 0 Å². The van der Waals surface area contributed by atoms with Crippen LogP contribution in [0.15, 0.2) is 34.9 Å². The first-order chi connectivity index (χ1) is 12.1. The normalized spacial score (nSPS) is 12.4. The lowest BCUT2D eigenvalue weighted by atomic mass is 9.92. The van der Waals surface area contributed by atoms with Crippen LogP contribution in [0.25, 0.3) is 0 Å². The minimum Gasteiger partial charge on any atom is -0.484 e. The number of halogens is 1. The van der Waals surface area contributed by atoms with Crippen molar-refractivity contribution in [2.24, 2.45) is 0 Å². The van der Waals surface area contributed by atoms with Gasteiger partial charge in [0.1, 0.15) is 23.6 Å². The summed E-state index contributed by atoms with van der Waals surface area (Å²) in [6.45, 7) is 15.2. The van der Waals surface area contributed by atoms with Crippen LogP contribution >= 0.6 is 15.9 Å². The van der Waals surface area contributed by atoms with Crippen molar-refractivity contribution in [3.05, 3.63) is 46.2 Å². The molecule has 6 heteroatoms. The number of rotatable bonds is 8. The predicted molar refractivity (Wildman–Crippen MR) is 114 cm³/mol. The maximum Gasteiger partial charge on any atom is 0.176 e. The Balaban J connectivity index is 2.11. The first-order valence-electron chi connectivity index (χ1n) is 9.09. The SMILES string of the molecule is CC(C)(C)c1nn(COCC[Si](C)(C)C)c(Br)c1OCc1ccccc1. The molecule has 0 saturated carbocycles. The Hall–Kier alpha value is -1.11. The van der Waals surface area contributed by atoms with Gasteiger partial charge in [0.05, 0.1) is 0 Å². The molecule has 1 aromatic heterocycles. The Morgan fingerprint density at radius 3 is 2.35 bits per heavy atom. The zero-order chi connectivity index (χ0) is 19.4. The molecule has 0 aliphatic heterocycles. The summed E-state index contributed by atoms with van der Waals surface area (Å²) in [5.41, 5.74) is 1.96. The number of hydrogen-bond donors (Lipinski definition) is 0. The zero-order valence-electron chi connectivity index (χ0n) is 16.8. The first-order valence-corrected chi connectivity index (χ1v) is 13.6. The summed E-state index contributed by atoms with van der Waals surface area (Å²) in [5, 5.41) is 4.76. The summed E-state index contributed by atoms with van der Waals surface area (Å²) in [5.74, 6) is 0.801. The molecule has 0 saturated heterocycles. The van der Waals surface area contributed by atoms with E-state index in [1.54, 1.807) is 0 Å². The van der Waals surface area contributed by atoms with E-state index >= 15 is 0 Å². The van der Waals surface area contributed by atoms with Crippen molar-refractivity contribution in [3.8, 4) is 5.75 Å². The highest BCUT2D eigenvalue weighted by molar-refractivity contribution is 9.10. The van der Waals surface area contributed by atoms with E-state index in [0.717, 1.165) is 34.3 Å². The molecule has 2 rings (SSSR count). The highest BCUT2D eigenvalue weighted by atomic mass is 79.9. The van der Waals surface area contributed by atoms with Crippen LogP contribution in [0.2, 0.25) is 25.7 Å². The van der Waals surface area contributed by atoms with Crippen LogP contribution in [0, 0.1) is 0 Å². The fourth-order valence-electron chi connectivity index (χ4n) is 2.39. The lowest BCUT2D eigenvalue weighted by Gasteiger charge is -2.17. The maximum absolute atomic E-state index is 6.14. The lowest BCUT2D eigenvalue weighted by Crippen LogP contribution is -2.22. The van der Waals surface area contributed by atoms with E-state index in [2.05, 4.69) is 68.5 Å². The fraction of sp³-hybridized carbons (Fsp3) is 0.550. The average molecular weight is 439 g/mol. The molecule has 0 N–H and O–H groups in total. The monoisotopic (exact) mass is 438 g/mol. The Morgan fingerprint density at radius 1 is 1.12 bits per heavy atom. The molecular formula is C20H31BrN2O2Si. The van der Waals surface area contributed by atoms with Crippen molar-refractivity contribution in [2.75, 3.05) is 6.61 Å².